The minimum Gasteiger partial charge on any atom is -0.352 e. The maximum atomic E-state index is 13.4. The van der Waals surface area contributed by atoms with E-state index in [1.807, 2.05) is 13.8 Å². The quantitative estimate of drug-likeness (QED) is 0.496. The molecule has 0 aliphatic heterocycles. The maximum Gasteiger partial charge on any atom is 0.244 e. The Hall–Kier alpha value is -2.36. The fourth-order valence-electron chi connectivity index (χ4n) is 3.11. The highest BCUT2D eigenvalue weighted by atomic mass is 35.5. The first-order valence-electron chi connectivity index (χ1n) is 10.6. The van der Waals surface area contributed by atoms with Gasteiger partial charge < -0.3 is 10.2 Å². The first kappa shape index (κ1) is 27.9. The minimum atomic E-state index is -3.94. The van der Waals surface area contributed by atoms with Crippen LogP contribution in [0, 0.1) is 5.82 Å². The van der Waals surface area contributed by atoms with Gasteiger partial charge in [0.05, 0.1) is 17.0 Å². The minimum absolute atomic E-state index is 0.0327. The van der Waals surface area contributed by atoms with Crippen molar-refractivity contribution >= 4 is 50.7 Å². The molecule has 1 N–H and O–H groups in total. The van der Waals surface area contributed by atoms with Crippen LogP contribution in [0.15, 0.2) is 42.5 Å². The average molecular weight is 532 g/mol. The van der Waals surface area contributed by atoms with Gasteiger partial charge in [0.1, 0.15) is 18.4 Å². The number of hydrogen-bond donors (Lipinski definition) is 1. The molecule has 7 nitrogen and oxygen atoms in total. The van der Waals surface area contributed by atoms with E-state index in [0.29, 0.717) is 12.0 Å². The van der Waals surface area contributed by atoms with E-state index in [9.17, 15) is 22.4 Å². The molecule has 186 valence electrons. The summed E-state index contributed by atoms with van der Waals surface area (Å²) in [6.45, 7) is 4.66. The lowest BCUT2D eigenvalue weighted by Gasteiger charge is -2.32. The lowest BCUT2D eigenvalue weighted by atomic mass is 10.1. The highest BCUT2D eigenvalue weighted by Crippen LogP contribution is 2.31. The number of hydrogen-bond acceptors (Lipinski definition) is 4. The molecule has 2 rings (SSSR count). The third-order valence-electron chi connectivity index (χ3n) is 5.29. The molecule has 2 amide bonds. The number of nitrogens with zero attached hydrogens (tertiary/aromatic N) is 2. The Balaban J connectivity index is 2.42. The van der Waals surface area contributed by atoms with Gasteiger partial charge in [-0.15, -0.1) is 0 Å². The maximum absolute atomic E-state index is 13.4. The number of rotatable bonds is 10. The summed E-state index contributed by atoms with van der Waals surface area (Å²) in [5.74, 6) is -1.47. The number of carbonyl (C=O) groups is 2. The second-order valence-corrected chi connectivity index (χ2v) is 10.8. The predicted octanol–water partition coefficient (Wildman–Crippen LogP) is 4.23. The summed E-state index contributed by atoms with van der Waals surface area (Å²) in [5, 5.41) is 3.16. The van der Waals surface area contributed by atoms with Crippen LogP contribution in [0.4, 0.5) is 10.1 Å². The van der Waals surface area contributed by atoms with E-state index < -0.39 is 40.2 Å². The average Bonchev–Trinajstić information content (AvgIpc) is 2.77. The van der Waals surface area contributed by atoms with E-state index in [1.54, 1.807) is 6.92 Å². The van der Waals surface area contributed by atoms with Gasteiger partial charge in [-0.05, 0) is 56.2 Å². The summed E-state index contributed by atoms with van der Waals surface area (Å²) in [5.41, 5.74) is 0.619. The van der Waals surface area contributed by atoms with Crippen LogP contribution in [0.3, 0.4) is 0 Å². The van der Waals surface area contributed by atoms with Crippen molar-refractivity contribution in [3.8, 4) is 0 Å². The highest BCUT2D eigenvalue weighted by Gasteiger charge is 2.31. The van der Waals surface area contributed by atoms with Gasteiger partial charge in [-0.25, -0.2) is 12.8 Å². The van der Waals surface area contributed by atoms with E-state index in [4.69, 9.17) is 23.2 Å². The lowest BCUT2D eigenvalue weighted by molar-refractivity contribution is -0.139. The van der Waals surface area contributed by atoms with Crippen LogP contribution in [0.2, 0.25) is 10.0 Å². The Morgan fingerprint density at radius 1 is 1.09 bits per heavy atom. The number of amides is 2. The zero-order valence-corrected chi connectivity index (χ0v) is 21.7. The van der Waals surface area contributed by atoms with Crippen LogP contribution in [0.5, 0.6) is 0 Å². The van der Waals surface area contributed by atoms with Crippen molar-refractivity contribution in [2.75, 3.05) is 17.1 Å². The van der Waals surface area contributed by atoms with Gasteiger partial charge in [0.25, 0.3) is 0 Å². The van der Waals surface area contributed by atoms with Crippen molar-refractivity contribution < 1.29 is 22.4 Å². The van der Waals surface area contributed by atoms with Crippen molar-refractivity contribution in [1.29, 1.82) is 0 Å². The topological polar surface area (TPSA) is 86.8 Å². The second-order valence-electron chi connectivity index (χ2n) is 8.01. The Labute approximate surface area is 209 Å². The van der Waals surface area contributed by atoms with Crippen LogP contribution in [0.25, 0.3) is 0 Å². The summed E-state index contributed by atoms with van der Waals surface area (Å²) in [4.78, 5) is 27.5. The molecule has 0 bridgehead atoms. The molecule has 0 aromatic heterocycles. The fraction of sp³-hybridized carbons (Fsp3) is 0.391. The number of sulfonamides is 1. The van der Waals surface area contributed by atoms with E-state index in [0.717, 1.165) is 10.6 Å². The van der Waals surface area contributed by atoms with Gasteiger partial charge >= 0.3 is 0 Å². The molecular weight excluding hydrogens is 504 g/mol. The summed E-state index contributed by atoms with van der Waals surface area (Å²) >= 11 is 12.2. The molecule has 0 aliphatic carbocycles. The molecule has 0 fully saturated rings. The van der Waals surface area contributed by atoms with Crippen LogP contribution in [-0.4, -0.2) is 50.0 Å². The number of benzene rings is 2. The van der Waals surface area contributed by atoms with Crippen molar-refractivity contribution in [2.24, 2.45) is 0 Å². The first-order valence-corrected chi connectivity index (χ1v) is 13.2. The van der Waals surface area contributed by atoms with E-state index in [2.05, 4.69) is 5.32 Å². The third-order valence-corrected chi connectivity index (χ3v) is 6.97. The van der Waals surface area contributed by atoms with Gasteiger partial charge in [0, 0.05) is 17.6 Å². The molecule has 0 aliphatic rings. The largest absolute Gasteiger partial charge is 0.352 e. The van der Waals surface area contributed by atoms with Crippen molar-refractivity contribution in [3.63, 3.8) is 0 Å². The number of halogens is 3. The van der Waals surface area contributed by atoms with Crippen LogP contribution in [-0.2, 0) is 26.2 Å². The van der Waals surface area contributed by atoms with Crippen molar-refractivity contribution in [3.05, 3.63) is 63.9 Å². The molecule has 0 heterocycles. The summed E-state index contributed by atoms with van der Waals surface area (Å²) in [7, 11) is -3.94. The van der Waals surface area contributed by atoms with Gasteiger partial charge in [0.2, 0.25) is 21.8 Å². The molecule has 34 heavy (non-hydrogen) atoms. The molecule has 0 unspecified atom stereocenters. The molecule has 2 atom stereocenters. The van der Waals surface area contributed by atoms with Gasteiger partial charge in [-0.1, -0.05) is 42.3 Å². The molecule has 0 saturated carbocycles. The molecule has 2 aromatic rings. The van der Waals surface area contributed by atoms with Crippen molar-refractivity contribution in [2.45, 2.75) is 45.8 Å². The van der Waals surface area contributed by atoms with E-state index >= 15 is 0 Å². The monoisotopic (exact) mass is 531 g/mol. The normalized spacial score (nSPS) is 13.1. The molecule has 0 spiro atoms. The van der Waals surface area contributed by atoms with E-state index in [-0.39, 0.29) is 28.3 Å². The second kappa shape index (κ2) is 11.9. The summed E-state index contributed by atoms with van der Waals surface area (Å²) in [6, 6.07) is 8.72. The SMILES string of the molecule is CC[C@@H](C)NC(=O)[C@@H](C)N(Cc1ccc(F)cc1)C(=O)CN(c1cc(Cl)ccc1Cl)S(C)(=O)=O. The Kier molecular flexibility index (Phi) is 9.73. The number of anilines is 1. The number of carbonyl (C=O) groups excluding carboxylic acids is 2. The first-order chi connectivity index (χ1) is 15.8. The molecule has 11 heteroatoms. The Bertz CT molecular complexity index is 1130. The van der Waals surface area contributed by atoms with Gasteiger partial charge in [0.15, 0.2) is 0 Å². The highest BCUT2D eigenvalue weighted by molar-refractivity contribution is 7.92. The molecule has 2 aromatic carbocycles. The van der Waals surface area contributed by atoms with Crippen LogP contribution >= 0.6 is 23.2 Å². The standard InChI is InChI=1S/C23H28Cl2FN3O4S/c1-5-15(2)27-23(31)16(3)28(13-17-6-9-19(26)10-7-17)22(30)14-29(34(4,32)33)21-12-18(24)8-11-20(21)25/h6-12,15-16H,5,13-14H2,1-4H3,(H,27,31)/t15-,16-/m1/s1. The van der Waals surface area contributed by atoms with Crippen molar-refractivity contribution in [1.82, 2.24) is 10.2 Å². The summed E-state index contributed by atoms with van der Waals surface area (Å²) < 4.78 is 39.4. The smallest absolute Gasteiger partial charge is 0.244 e. The Morgan fingerprint density at radius 2 is 1.71 bits per heavy atom. The Morgan fingerprint density at radius 3 is 2.26 bits per heavy atom. The zero-order chi connectivity index (χ0) is 25.6. The lowest BCUT2D eigenvalue weighted by Crippen LogP contribution is -2.52. The van der Waals surface area contributed by atoms with Gasteiger partial charge in [-0.2, -0.15) is 0 Å². The molecule has 0 radical (unpaired) electrons. The van der Waals surface area contributed by atoms with E-state index in [1.165, 1.54) is 47.4 Å². The molecular formula is C23H28Cl2FN3O4S. The van der Waals surface area contributed by atoms with Crippen LogP contribution in [0.1, 0.15) is 32.8 Å². The van der Waals surface area contributed by atoms with Crippen LogP contribution < -0.4 is 9.62 Å². The third kappa shape index (κ3) is 7.58. The zero-order valence-electron chi connectivity index (χ0n) is 19.4. The number of nitrogens with one attached hydrogen (secondary N) is 1. The fourth-order valence-corrected chi connectivity index (χ4v) is 4.40. The summed E-state index contributed by atoms with van der Waals surface area (Å²) in [6.07, 6.45) is 1.64. The molecule has 0 saturated heterocycles. The van der Waals surface area contributed by atoms with Gasteiger partial charge in [-0.3, -0.25) is 13.9 Å². The predicted molar refractivity (Wildman–Crippen MR) is 133 cm³/mol.